The van der Waals surface area contributed by atoms with E-state index in [-0.39, 0.29) is 5.56 Å². The van der Waals surface area contributed by atoms with Crippen LogP contribution in [0.15, 0.2) is 27.9 Å². The standard InChI is InChI=1S/C11H13BrN4O/c1-8-14-7-9(12)11(17)16(8)5-3-10-13-4-6-15(10)2/h4,6-7H,3,5H2,1-2H3. The molecule has 0 saturated heterocycles. The largest absolute Gasteiger partial charge is 0.338 e. The van der Waals surface area contributed by atoms with E-state index in [1.54, 1.807) is 10.8 Å². The maximum Gasteiger partial charge on any atom is 0.267 e. The third-order valence-electron chi connectivity index (χ3n) is 2.68. The molecule has 0 fully saturated rings. The molecule has 2 aromatic rings. The maximum atomic E-state index is 11.9. The molecule has 0 aliphatic carbocycles. The lowest BCUT2D eigenvalue weighted by atomic mass is 10.4. The van der Waals surface area contributed by atoms with E-state index in [2.05, 4.69) is 25.9 Å². The van der Waals surface area contributed by atoms with Crippen LogP contribution in [0.4, 0.5) is 0 Å². The van der Waals surface area contributed by atoms with E-state index >= 15 is 0 Å². The fourth-order valence-electron chi connectivity index (χ4n) is 1.66. The number of nitrogens with zero attached hydrogens (tertiary/aromatic N) is 4. The predicted molar refractivity (Wildman–Crippen MR) is 67.8 cm³/mol. The molecule has 0 amide bonds. The summed E-state index contributed by atoms with van der Waals surface area (Å²) in [6.45, 7) is 2.41. The molecule has 0 aliphatic rings. The van der Waals surface area contributed by atoms with Crippen LogP contribution in [-0.2, 0) is 20.0 Å². The van der Waals surface area contributed by atoms with Crippen LogP contribution in [-0.4, -0.2) is 19.1 Å². The van der Waals surface area contributed by atoms with Crippen molar-refractivity contribution in [2.24, 2.45) is 7.05 Å². The Morgan fingerprint density at radius 2 is 2.18 bits per heavy atom. The minimum absolute atomic E-state index is 0.0493. The fourth-order valence-corrected chi connectivity index (χ4v) is 1.98. The van der Waals surface area contributed by atoms with Gasteiger partial charge >= 0.3 is 0 Å². The molecule has 0 saturated carbocycles. The van der Waals surface area contributed by atoms with Crippen molar-refractivity contribution in [3.8, 4) is 0 Å². The minimum Gasteiger partial charge on any atom is -0.338 e. The second-order valence-corrected chi connectivity index (χ2v) is 4.67. The van der Waals surface area contributed by atoms with E-state index in [1.165, 1.54) is 6.20 Å². The lowest BCUT2D eigenvalue weighted by Gasteiger charge is -2.09. The summed E-state index contributed by atoms with van der Waals surface area (Å²) < 4.78 is 4.09. The highest BCUT2D eigenvalue weighted by Crippen LogP contribution is 2.03. The Labute approximate surface area is 107 Å². The lowest BCUT2D eigenvalue weighted by Crippen LogP contribution is -2.25. The molecule has 0 atom stereocenters. The molecule has 2 aromatic heterocycles. The first-order chi connectivity index (χ1) is 8.09. The predicted octanol–water partition coefficient (Wildman–Crippen LogP) is 1.29. The first-order valence-corrected chi connectivity index (χ1v) is 6.07. The highest BCUT2D eigenvalue weighted by atomic mass is 79.9. The van der Waals surface area contributed by atoms with E-state index < -0.39 is 0 Å². The van der Waals surface area contributed by atoms with Crippen LogP contribution in [0, 0.1) is 6.92 Å². The Morgan fingerprint density at radius 1 is 1.41 bits per heavy atom. The van der Waals surface area contributed by atoms with Gasteiger partial charge in [-0.1, -0.05) is 0 Å². The zero-order chi connectivity index (χ0) is 12.4. The molecular weight excluding hydrogens is 284 g/mol. The van der Waals surface area contributed by atoms with Crippen LogP contribution in [0.3, 0.4) is 0 Å². The van der Waals surface area contributed by atoms with Crippen LogP contribution in [0.2, 0.25) is 0 Å². The first kappa shape index (κ1) is 12.0. The smallest absolute Gasteiger partial charge is 0.267 e. The van der Waals surface area contributed by atoms with Gasteiger partial charge in [0.05, 0.1) is 0 Å². The Balaban J connectivity index is 2.23. The molecule has 2 heterocycles. The van der Waals surface area contributed by atoms with Crippen LogP contribution in [0.5, 0.6) is 0 Å². The zero-order valence-electron chi connectivity index (χ0n) is 9.72. The third-order valence-corrected chi connectivity index (χ3v) is 3.23. The molecule has 2 rings (SSSR count). The molecule has 0 bridgehead atoms. The molecule has 0 spiro atoms. The molecule has 90 valence electrons. The van der Waals surface area contributed by atoms with E-state index in [9.17, 15) is 4.79 Å². The van der Waals surface area contributed by atoms with Crippen molar-refractivity contribution in [2.45, 2.75) is 19.9 Å². The second-order valence-electron chi connectivity index (χ2n) is 3.81. The molecule has 0 aromatic carbocycles. The molecular formula is C11H13BrN4O. The summed E-state index contributed by atoms with van der Waals surface area (Å²) in [6, 6.07) is 0. The Kier molecular flexibility index (Phi) is 3.42. The molecule has 0 radical (unpaired) electrons. The zero-order valence-corrected chi connectivity index (χ0v) is 11.3. The van der Waals surface area contributed by atoms with Crippen molar-refractivity contribution in [3.05, 3.63) is 45.1 Å². The van der Waals surface area contributed by atoms with Gasteiger partial charge in [0.2, 0.25) is 0 Å². The number of rotatable bonds is 3. The van der Waals surface area contributed by atoms with Crippen molar-refractivity contribution in [1.82, 2.24) is 19.1 Å². The Morgan fingerprint density at radius 3 is 2.82 bits per heavy atom. The summed E-state index contributed by atoms with van der Waals surface area (Å²) >= 11 is 3.20. The van der Waals surface area contributed by atoms with Crippen molar-refractivity contribution in [2.75, 3.05) is 0 Å². The highest BCUT2D eigenvalue weighted by Gasteiger charge is 2.06. The van der Waals surface area contributed by atoms with E-state index in [1.807, 2.05) is 24.7 Å². The van der Waals surface area contributed by atoms with Gasteiger partial charge in [-0.05, 0) is 22.9 Å². The summed E-state index contributed by atoms with van der Waals surface area (Å²) in [4.78, 5) is 20.3. The SMILES string of the molecule is Cc1ncc(Br)c(=O)n1CCc1nccn1C. The maximum absolute atomic E-state index is 11.9. The Hall–Kier alpha value is -1.43. The molecule has 6 heteroatoms. The quantitative estimate of drug-likeness (QED) is 0.858. The molecule has 17 heavy (non-hydrogen) atoms. The number of halogens is 1. The normalized spacial score (nSPS) is 10.8. The van der Waals surface area contributed by atoms with Gasteiger partial charge in [0.15, 0.2) is 0 Å². The number of aromatic nitrogens is 4. The summed E-state index contributed by atoms with van der Waals surface area (Å²) in [7, 11) is 1.94. The average Bonchev–Trinajstić information content (AvgIpc) is 2.70. The van der Waals surface area contributed by atoms with Gasteiger partial charge in [0.25, 0.3) is 5.56 Å². The van der Waals surface area contributed by atoms with Crippen molar-refractivity contribution < 1.29 is 0 Å². The van der Waals surface area contributed by atoms with Crippen LogP contribution >= 0.6 is 15.9 Å². The second kappa shape index (κ2) is 4.83. The summed E-state index contributed by atoms with van der Waals surface area (Å²) in [6.07, 6.45) is 5.89. The van der Waals surface area contributed by atoms with Gasteiger partial charge in [0, 0.05) is 38.6 Å². The van der Waals surface area contributed by atoms with E-state index in [0.717, 1.165) is 5.82 Å². The van der Waals surface area contributed by atoms with E-state index in [4.69, 9.17) is 0 Å². The highest BCUT2D eigenvalue weighted by molar-refractivity contribution is 9.10. The van der Waals surface area contributed by atoms with E-state index in [0.29, 0.717) is 23.3 Å². The van der Waals surface area contributed by atoms with Crippen LogP contribution in [0.1, 0.15) is 11.6 Å². The van der Waals surface area contributed by atoms with Crippen molar-refractivity contribution >= 4 is 15.9 Å². The number of aryl methyl sites for hydroxylation is 3. The number of hydrogen-bond acceptors (Lipinski definition) is 3. The number of imidazole rings is 1. The molecule has 0 unspecified atom stereocenters. The summed E-state index contributed by atoms with van der Waals surface area (Å²) in [5, 5.41) is 0. The van der Waals surface area contributed by atoms with Gasteiger partial charge in [-0.15, -0.1) is 0 Å². The molecule has 0 aliphatic heterocycles. The van der Waals surface area contributed by atoms with Crippen LogP contribution in [0.25, 0.3) is 0 Å². The summed E-state index contributed by atoms with van der Waals surface area (Å²) in [5.41, 5.74) is -0.0493. The first-order valence-electron chi connectivity index (χ1n) is 5.27. The van der Waals surface area contributed by atoms with Gasteiger partial charge < -0.3 is 4.57 Å². The minimum atomic E-state index is -0.0493. The van der Waals surface area contributed by atoms with Crippen molar-refractivity contribution in [3.63, 3.8) is 0 Å². The van der Waals surface area contributed by atoms with Crippen molar-refractivity contribution in [1.29, 1.82) is 0 Å². The Bertz CT molecular complexity index is 587. The lowest BCUT2D eigenvalue weighted by molar-refractivity contribution is 0.600. The third kappa shape index (κ3) is 2.46. The van der Waals surface area contributed by atoms with Gasteiger partial charge in [-0.2, -0.15) is 0 Å². The van der Waals surface area contributed by atoms with Gasteiger partial charge in [-0.3, -0.25) is 9.36 Å². The summed E-state index contributed by atoms with van der Waals surface area (Å²) in [5.74, 6) is 1.67. The number of hydrogen-bond donors (Lipinski definition) is 0. The van der Waals surface area contributed by atoms with Gasteiger partial charge in [0.1, 0.15) is 16.1 Å². The molecule has 0 N–H and O–H groups in total. The fraction of sp³-hybridized carbons (Fsp3) is 0.364. The van der Waals surface area contributed by atoms with Gasteiger partial charge in [-0.25, -0.2) is 9.97 Å². The molecule has 5 nitrogen and oxygen atoms in total. The monoisotopic (exact) mass is 296 g/mol. The topological polar surface area (TPSA) is 52.7 Å². The average molecular weight is 297 g/mol. The van der Waals surface area contributed by atoms with Crippen LogP contribution < -0.4 is 5.56 Å².